The quantitative estimate of drug-likeness (QED) is 0.856. The molecule has 0 radical (unpaired) electrons. The number of anilines is 1. The summed E-state index contributed by atoms with van der Waals surface area (Å²) in [6.07, 6.45) is 3.05. The fraction of sp³-hybridized carbons (Fsp3) is 0.250. The number of rotatable bonds is 2. The highest BCUT2D eigenvalue weighted by molar-refractivity contribution is 7.94. The van der Waals surface area contributed by atoms with Gasteiger partial charge in [-0.15, -0.1) is 0 Å². The molecule has 19 heavy (non-hydrogen) atoms. The second-order valence-corrected chi connectivity index (χ2v) is 7.94. The van der Waals surface area contributed by atoms with Crippen LogP contribution >= 0.6 is 22.9 Å². The Morgan fingerprint density at radius 2 is 2.11 bits per heavy atom. The Hall–Kier alpha value is -1.11. The van der Waals surface area contributed by atoms with Crippen LogP contribution in [0.2, 0.25) is 4.47 Å². The third-order valence-electron chi connectivity index (χ3n) is 3.07. The van der Waals surface area contributed by atoms with Gasteiger partial charge in [0.2, 0.25) is 0 Å². The normalized spacial score (nSPS) is 15.3. The van der Waals surface area contributed by atoms with E-state index in [1.807, 2.05) is 24.3 Å². The van der Waals surface area contributed by atoms with Crippen LogP contribution in [-0.4, -0.2) is 19.9 Å². The van der Waals surface area contributed by atoms with Crippen LogP contribution in [0.4, 0.5) is 5.69 Å². The lowest BCUT2D eigenvalue weighted by Gasteiger charge is -2.29. The van der Waals surface area contributed by atoms with Crippen LogP contribution in [0.25, 0.3) is 0 Å². The van der Waals surface area contributed by atoms with E-state index in [2.05, 4.69) is 4.98 Å². The number of fused-ring (bicyclic) bond motifs is 1. The van der Waals surface area contributed by atoms with Gasteiger partial charge in [-0.25, -0.2) is 13.4 Å². The molecule has 0 fully saturated rings. The van der Waals surface area contributed by atoms with Crippen molar-refractivity contribution in [1.82, 2.24) is 4.98 Å². The summed E-state index contributed by atoms with van der Waals surface area (Å²) < 4.78 is 27.1. The highest BCUT2D eigenvalue weighted by Crippen LogP contribution is 2.34. The molecule has 1 aromatic carbocycles. The SMILES string of the molecule is O=S(=O)(c1cnc(Cl)s1)N1CCCc2ccccc21. The van der Waals surface area contributed by atoms with E-state index in [-0.39, 0.29) is 8.68 Å². The van der Waals surface area contributed by atoms with Crippen molar-refractivity contribution in [2.75, 3.05) is 10.8 Å². The Morgan fingerprint density at radius 1 is 1.32 bits per heavy atom. The van der Waals surface area contributed by atoms with Gasteiger partial charge in [0.05, 0.1) is 11.9 Å². The lowest BCUT2D eigenvalue weighted by atomic mass is 10.0. The summed E-state index contributed by atoms with van der Waals surface area (Å²) >= 11 is 6.72. The molecule has 0 atom stereocenters. The smallest absolute Gasteiger partial charge is 0.265 e. The molecule has 3 rings (SSSR count). The van der Waals surface area contributed by atoms with Crippen LogP contribution in [-0.2, 0) is 16.4 Å². The Labute approximate surface area is 120 Å². The Morgan fingerprint density at radius 3 is 2.84 bits per heavy atom. The third-order valence-corrected chi connectivity index (χ3v) is 6.43. The fourth-order valence-corrected chi connectivity index (χ4v) is 5.17. The summed E-state index contributed by atoms with van der Waals surface area (Å²) in [5, 5.41) is 0. The van der Waals surface area contributed by atoms with Crippen LogP contribution in [0.5, 0.6) is 0 Å². The molecule has 100 valence electrons. The van der Waals surface area contributed by atoms with Crippen molar-refractivity contribution in [1.29, 1.82) is 0 Å². The van der Waals surface area contributed by atoms with Gasteiger partial charge in [0.15, 0.2) is 8.68 Å². The molecule has 7 heteroatoms. The highest BCUT2D eigenvalue weighted by Gasteiger charge is 2.30. The van der Waals surface area contributed by atoms with Gasteiger partial charge >= 0.3 is 0 Å². The Balaban J connectivity index is 2.08. The van der Waals surface area contributed by atoms with Crippen molar-refractivity contribution in [3.8, 4) is 0 Å². The predicted octanol–water partition coefficient (Wildman–Crippen LogP) is 2.94. The molecule has 0 spiro atoms. The Kier molecular flexibility index (Phi) is 3.24. The maximum Gasteiger partial charge on any atom is 0.275 e. The van der Waals surface area contributed by atoms with Gasteiger partial charge in [0.25, 0.3) is 10.0 Å². The van der Waals surface area contributed by atoms with Gasteiger partial charge in [0.1, 0.15) is 0 Å². The van der Waals surface area contributed by atoms with Gasteiger partial charge in [-0.1, -0.05) is 41.1 Å². The van der Waals surface area contributed by atoms with Crippen LogP contribution in [0.15, 0.2) is 34.7 Å². The van der Waals surface area contributed by atoms with Gasteiger partial charge in [0, 0.05) is 6.54 Å². The number of hydrogen-bond acceptors (Lipinski definition) is 4. The van der Waals surface area contributed by atoms with Crippen molar-refractivity contribution < 1.29 is 8.42 Å². The van der Waals surface area contributed by atoms with E-state index in [9.17, 15) is 8.42 Å². The lowest BCUT2D eigenvalue weighted by molar-refractivity contribution is 0.588. The summed E-state index contributed by atoms with van der Waals surface area (Å²) in [6, 6.07) is 7.59. The van der Waals surface area contributed by atoms with Gasteiger partial charge in [-0.2, -0.15) is 0 Å². The van der Waals surface area contributed by atoms with Gasteiger partial charge in [-0.3, -0.25) is 4.31 Å². The molecule has 0 amide bonds. The predicted molar refractivity (Wildman–Crippen MR) is 76.4 cm³/mol. The third kappa shape index (κ3) is 2.24. The minimum absolute atomic E-state index is 0.189. The van der Waals surface area contributed by atoms with Gasteiger partial charge < -0.3 is 0 Å². The summed E-state index contributed by atoms with van der Waals surface area (Å²) in [4.78, 5) is 3.81. The first-order chi connectivity index (χ1) is 9.09. The molecule has 1 aliphatic rings. The van der Waals surface area contributed by atoms with Crippen LogP contribution in [0, 0.1) is 0 Å². The molecule has 0 unspecified atom stereocenters. The van der Waals surface area contributed by atoms with Gasteiger partial charge in [-0.05, 0) is 24.5 Å². The molecular weight excluding hydrogens is 304 g/mol. The minimum atomic E-state index is -3.55. The van der Waals surface area contributed by atoms with E-state index in [0.717, 1.165) is 35.4 Å². The largest absolute Gasteiger partial charge is 0.275 e. The molecule has 0 saturated carbocycles. The number of sulfonamides is 1. The lowest BCUT2D eigenvalue weighted by Crippen LogP contribution is -2.35. The molecule has 4 nitrogen and oxygen atoms in total. The number of para-hydroxylation sites is 1. The van der Waals surface area contributed by atoms with Crippen molar-refractivity contribution in [3.05, 3.63) is 40.5 Å². The fourth-order valence-electron chi connectivity index (χ4n) is 2.22. The molecule has 0 saturated heterocycles. The summed E-state index contributed by atoms with van der Waals surface area (Å²) in [5.74, 6) is 0. The number of benzene rings is 1. The van der Waals surface area contributed by atoms with Crippen LogP contribution in [0.1, 0.15) is 12.0 Å². The van der Waals surface area contributed by atoms with Crippen molar-refractivity contribution in [2.24, 2.45) is 0 Å². The first-order valence-corrected chi connectivity index (χ1v) is 8.44. The summed E-state index contributed by atoms with van der Waals surface area (Å²) in [5.41, 5.74) is 1.83. The molecule has 1 aromatic heterocycles. The van der Waals surface area contributed by atoms with E-state index < -0.39 is 10.0 Å². The van der Waals surface area contributed by atoms with E-state index in [4.69, 9.17) is 11.6 Å². The van der Waals surface area contributed by atoms with E-state index >= 15 is 0 Å². The monoisotopic (exact) mass is 314 g/mol. The molecule has 2 heterocycles. The van der Waals surface area contributed by atoms with E-state index in [1.165, 1.54) is 10.5 Å². The zero-order valence-electron chi connectivity index (χ0n) is 9.91. The topological polar surface area (TPSA) is 50.3 Å². The minimum Gasteiger partial charge on any atom is -0.265 e. The number of aromatic nitrogens is 1. The van der Waals surface area contributed by atoms with Crippen molar-refractivity contribution in [3.63, 3.8) is 0 Å². The average Bonchev–Trinajstić information content (AvgIpc) is 2.85. The number of halogens is 1. The first-order valence-electron chi connectivity index (χ1n) is 5.81. The molecule has 0 bridgehead atoms. The number of thiazole rings is 1. The molecule has 0 N–H and O–H groups in total. The van der Waals surface area contributed by atoms with E-state index in [0.29, 0.717) is 6.54 Å². The van der Waals surface area contributed by atoms with Crippen LogP contribution in [0.3, 0.4) is 0 Å². The summed E-state index contributed by atoms with van der Waals surface area (Å²) in [6.45, 7) is 0.495. The molecular formula is C12H11ClN2O2S2. The van der Waals surface area contributed by atoms with Crippen molar-refractivity contribution in [2.45, 2.75) is 17.1 Å². The maximum absolute atomic E-state index is 12.6. The first kappa shape index (κ1) is 12.9. The molecule has 2 aromatic rings. The number of nitrogens with zero attached hydrogens (tertiary/aromatic N) is 2. The molecule has 1 aliphatic heterocycles. The number of hydrogen-bond donors (Lipinski definition) is 0. The van der Waals surface area contributed by atoms with Crippen molar-refractivity contribution >= 4 is 38.6 Å². The standard InChI is InChI=1S/C12H11ClN2O2S2/c13-12-14-8-11(18-12)19(16,17)15-7-3-5-9-4-1-2-6-10(9)15/h1-2,4,6,8H,3,5,7H2. The second kappa shape index (κ2) is 4.77. The highest BCUT2D eigenvalue weighted by atomic mass is 35.5. The maximum atomic E-state index is 12.6. The molecule has 0 aliphatic carbocycles. The Bertz CT molecular complexity index is 712. The summed E-state index contributed by atoms with van der Waals surface area (Å²) in [7, 11) is -3.55. The van der Waals surface area contributed by atoms with E-state index in [1.54, 1.807) is 0 Å². The number of aryl methyl sites for hydroxylation is 1. The average molecular weight is 315 g/mol. The zero-order valence-corrected chi connectivity index (χ0v) is 12.3. The van der Waals surface area contributed by atoms with Crippen LogP contribution < -0.4 is 4.31 Å². The second-order valence-electron chi connectivity index (χ2n) is 4.24. The zero-order chi connectivity index (χ0) is 13.5.